The van der Waals surface area contributed by atoms with Crippen molar-refractivity contribution in [2.75, 3.05) is 18.5 Å². The lowest BCUT2D eigenvalue weighted by Crippen LogP contribution is -2.58. The van der Waals surface area contributed by atoms with Crippen LogP contribution in [0.25, 0.3) is 0 Å². The predicted molar refractivity (Wildman–Crippen MR) is 80.0 cm³/mol. The highest BCUT2D eigenvalue weighted by Crippen LogP contribution is 2.31. The molecule has 0 radical (unpaired) electrons. The number of rotatable bonds is 3. The van der Waals surface area contributed by atoms with E-state index in [2.05, 4.69) is 10.4 Å². The molecule has 1 fully saturated rings. The highest BCUT2D eigenvalue weighted by atomic mass is 32.2. The average Bonchev–Trinajstić information content (AvgIpc) is 2.35. The van der Waals surface area contributed by atoms with Gasteiger partial charge in [-0.2, -0.15) is 4.31 Å². The van der Waals surface area contributed by atoms with Crippen molar-refractivity contribution >= 4 is 15.8 Å². The lowest BCUT2D eigenvalue weighted by Gasteiger charge is -2.46. The number of nitrogen functional groups attached to an aromatic ring is 1. The number of nitrogens with zero attached hydrogens (tertiary/aromatic N) is 2. The van der Waals surface area contributed by atoms with E-state index in [9.17, 15) is 8.42 Å². The Hall–Kier alpha value is -1.22. The summed E-state index contributed by atoms with van der Waals surface area (Å²) in [5.41, 5.74) is 1.29. The molecule has 0 amide bonds. The summed E-state index contributed by atoms with van der Waals surface area (Å²) in [7, 11) is -3.61. The molecule has 1 saturated heterocycles. The number of aromatic nitrogens is 1. The summed E-state index contributed by atoms with van der Waals surface area (Å²) in [6, 6.07) is 3.02. The largest absolute Gasteiger partial charge is 0.367 e. The van der Waals surface area contributed by atoms with Crippen LogP contribution in [0.3, 0.4) is 0 Å². The normalized spacial score (nSPS) is 22.0. The Morgan fingerprint density at radius 1 is 1.24 bits per heavy atom. The van der Waals surface area contributed by atoms with Crippen molar-refractivity contribution in [2.24, 2.45) is 5.84 Å². The first kappa shape index (κ1) is 16.2. The molecule has 0 atom stereocenters. The molecule has 0 spiro atoms. The van der Waals surface area contributed by atoms with E-state index in [1.54, 1.807) is 0 Å². The van der Waals surface area contributed by atoms with Crippen molar-refractivity contribution in [1.82, 2.24) is 9.29 Å². The highest BCUT2D eigenvalue weighted by Gasteiger charge is 2.43. The van der Waals surface area contributed by atoms with Crippen LogP contribution in [0.2, 0.25) is 0 Å². The summed E-state index contributed by atoms with van der Waals surface area (Å²) in [6.07, 6.45) is 1.31. The Balaban J connectivity index is 2.33. The van der Waals surface area contributed by atoms with E-state index in [0.29, 0.717) is 18.9 Å². The van der Waals surface area contributed by atoms with Crippen LogP contribution in [0.5, 0.6) is 0 Å². The second kappa shape index (κ2) is 5.20. The molecule has 118 valence electrons. The molecule has 2 heterocycles. The third-order valence-electron chi connectivity index (χ3n) is 3.19. The van der Waals surface area contributed by atoms with E-state index >= 15 is 0 Å². The molecule has 1 aromatic heterocycles. The van der Waals surface area contributed by atoms with Gasteiger partial charge in [-0.25, -0.2) is 19.2 Å². The van der Waals surface area contributed by atoms with E-state index < -0.39 is 21.2 Å². The second-order valence-corrected chi connectivity index (χ2v) is 8.36. The van der Waals surface area contributed by atoms with Gasteiger partial charge in [-0.15, -0.1) is 0 Å². The first-order valence-corrected chi connectivity index (χ1v) is 8.13. The van der Waals surface area contributed by atoms with Gasteiger partial charge in [0.05, 0.1) is 11.2 Å². The van der Waals surface area contributed by atoms with Gasteiger partial charge in [0.2, 0.25) is 10.0 Å². The van der Waals surface area contributed by atoms with Gasteiger partial charge >= 0.3 is 0 Å². The molecule has 1 aliphatic rings. The molecule has 1 aromatic rings. The van der Waals surface area contributed by atoms with Gasteiger partial charge in [0, 0.05) is 19.3 Å². The van der Waals surface area contributed by atoms with Crippen LogP contribution >= 0.6 is 0 Å². The summed E-state index contributed by atoms with van der Waals surface area (Å²) in [5, 5.41) is 0. The fourth-order valence-corrected chi connectivity index (χ4v) is 4.34. The van der Waals surface area contributed by atoms with Gasteiger partial charge in [0.25, 0.3) is 0 Å². The third-order valence-corrected chi connectivity index (χ3v) is 4.96. The van der Waals surface area contributed by atoms with Crippen LogP contribution in [0.15, 0.2) is 23.2 Å². The summed E-state index contributed by atoms with van der Waals surface area (Å²) < 4.78 is 32.8. The van der Waals surface area contributed by atoms with E-state index in [4.69, 9.17) is 10.6 Å². The fraction of sp³-hybridized carbons (Fsp3) is 0.615. The Morgan fingerprint density at radius 3 is 2.24 bits per heavy atom. The third kappa shape index (κ3) is 3.52. The predicted octanol–water partition coefficient (Wildman–Crippen LogP) is 0.945. The van der Waals surface area contributed by atoms with E-state index in [1.807, 2.05) is 27.7 Å². The van der Waals surface area contributed by atoms with Crippen LogP contribution in [-0.4, -0.2) is 42.0 Å². The SMILES string of the molecule is CC1(C)CN(S(=O)(=O)c2ccc(NN)nc2)CC(C)(C)O1. The van der Waals surface area contributed by atoms with Gasteiger partial charge in [-0.1, -0.05) is 0 Å². The molecule has 3 N–H and O–H groups in total. The molecular formula is C13H22N4O3S. The lowest BCUT2D eigenvalue weighted by atomic mass is 10.0. The zero-order chi connectivity index (χ0) is 15.9. The van der Waals surface area contributed by atoms with Crippen LogP contribution in [0, 0.1) is 0 Å². The standard InChI is InChI=1S/C13H22N4O3S/c1-12(2)8-17(9-13(3,4)20-12)21(18,19)10-5-6-11(16-14)15-7-10/h5-7H,8-9,14H2,1-4H3,(H,15,16). The Kier molecular flexibility index (Phi) is 4.00. The molecule has 21 heavy (non-hydrogen) atoms. The fourth-order valence-electron chi connectivity index (χ4n) is 2.66. The molecule has 8 heteroatoms. The molecule has 0 aliphatic carbocycles. The lowest BCUT2D eigenvalue weighted by molar-refractivity contribution is -0.163. The summed E-state index contributed by atoms with van der Waals surface area (Å²) in [4.78, 5) is 4.11. The van der Waals surface area contributed by atoms with Crippen LogP contribution < -0.4 is 11.3 Å². The summed E-state index contributed by atoms with van der Waals surface area (Å²) in [6.45, 7) is 8.14. The van der Waals surface area contributed by atoms with Crippen LogP contribution in [-0.2, 0) is 14.8 Å². The van der Waals surface area contributed by atoms with Crippen LogP contribution in [0.1, 0.15) is 27.7 Å². The Morgan fingerprint density at radius 2 is 1.81 bits per heavy atom. The topological polar surface area (TPSA) is 97.6 Å². The van der Waals surface area contributed by atoms with Gasteiger partial charge in [0.1, 0.15) is 10.7 Å². The van der Waals surface area contributed by atoms with Gasteiger partial charge in [0.15, 0.2) is 0 Å². The van der Waals surface area contributed by atoms with E-state index in [-0.39, 0.29) is 4.90 Å². The van der Waals surface area contributed by atoms with Crippen molar-refractivity contribution in [3.05, 3.63) is 18.3 Å². The monoisotopic (exact) mass is 314 g/mol. The number of hydrazine groups is 1. The molecule has 0 saturated carbocycles. The Labute approximate surface area is 125 Å². The number of ether oxygens (including phenoxy) is 1. The van der Waals surface area contributed by atoms with E-state index in [0.717, 1.165) is 0 Å². The molecule has 2 rings (SSSR count). The quantitative estimate of drug-likeness (QED) is 0.637. The molecule has 0 aromatic carbocycles. The maximum absolute atomic E-state index is 12.7. The van der Waals surface area contributed by atoms with Crippen LogP contribution in [0.4, 0.5) is 5.82 Å². The van der Waals surface area contributed by atoms with Crippen molar-refractivity contribution in [3.8, 4) is 0 Å². The number of morpholine rings is 1. The van der Waals surface area contributed by atoms with Crippen molar-refractivity contribution < 1.29 is 13.2 Å². The minimum absolute atomic E-state index is 0.148. The first-order chi connectivity index (χ1) is 9.56. The highest BCUT2D eigenvalue weighted by molar-refractivity contribution is 7.89. The summed E-state index contributed by atoms with van der Waals surface area (Å²) >= 11 is 0. The zero-order valence-corrected chi connectivity index (χ0v) is 13.6. The first-order valence-electron chi connectivity index (χ1n) is 6.69. The number of hydrogen-bond donors (Lipinski definition) is 2. The van der Waals surface area contributed by atoms with E-state index in [1.165, 1.54) is 22.6 Å². The minimum atomic E-state index is -3.61. The average molecular weight is 314 g/mol. The number of sulfonamides is 1. The van der Waals surface area contributed by atoms with Crippen molar-refractivity contribution in [1.29, 1.82) is 0 Å². The molecule has 0 bridgehead atoms. The van der Waals surface area contributed by atoms with Gasteiger partial charge < -0.3 is 10.2 Å². The number of pyridine rings is 1. The molecule has 7 nitrogen and oxygen atoms in total. The molecule has 0 unspecified atom stereocenters. The second-order valence-electron chi connectivity index (χ2n) is 6.42. The molecular weight excluding hydrogens is 292 g/mol. The van der Waals surface area contributed by atoms with Gasteiger partial charge in [-0.3, -0.25) is 0 Å². The zero-order valence-electron chi connectivity index (χ0n) is 12.8. The Bertz CT molecular complexity index is 595. The number of nitrogens with one attached hydrogen (secondary N) is 1. The maximum Gasteiger partial charge on any atom is 0.244 e. The van der Waals surface area contributed by atoms with Crippen molar-refractivity contribution in [3.63, 3.8) is 0 Å². The van der Waals surface area contributed by atoms with Crippen molar-refractivity contribution in [2.45, 2.75) is 43.8 Å². The molecule has 1 aliphatic heterocycles. The number of anilines is 1. The van der Waals surface area contributed by atoms with Gasteiger partial charge in [-0.05, 0) is 39.8 Å². The maximum atomic E-state index is 12.7. The smallest absolute Gasteiger partial charge is 0.244 e. The number of hydrogen-bond acceptors (Lipinski definition) is 6. The minimum Gasteiger partial charge on any atom is -0.367 e. The summed E-state index contributed by atoms with van der Waals surface area (Å²) in [5.74, 6) is 5.65. The number of nitrogens with two attached hydrogens (primary N) is 1.